The van der Waals surface area contributed by atoms with Crippen LogP contribution in [0.15, 0.2) is 66.7 Å². The summed E-state index contributed by atoms with van der Waals surface area (Å²) in [5.74, 6) is 1.43. The Morgan fingerprint density at radius 2 is 1.54 bits per heavy atom. The molecule has 0 aromatic heterocycles. The van der Waals surface area contributed by atoms with Gasteiger partial charge in [-0.05, 0) is 47.9 Å². The normalized spacial score (nSPS) is 10.7. The molecule has 0 saturated carbocycles. The van der Waals surface area contributed by atoms with Crippen molar-refractivity contribution in [2.75, 3.05) is 13.7 Å². The second-order valence-electron chi connectivity index (χ2n) is 6.40. The van der Waals surface area contributed by atoms with E-state index in [1.165, 1.54) is 5.56 Å². The van der Waals surface area contributed by atoms with Gasteiger partial charge < -0.3 is 14.8 Å². The molecule has 146 valence electrons. The highest BCUT2D eigenvalue weighted by atomic mass is 35.5. The Balaban J connectivity index is 1.53. The number of halogens is 2. The van der Waals surface area contributed by atoms with Crippen LogP contribution in [0.25, 0.3) is 0 Å². The lowest BCUT2D eigenvalue weighted by Crippen LogP contribution is -2.17. The minimum absolute atomic E-state index is 0.427. The summed E-state index contributed by atoms with van der Waals surface area (Å²) < 4.78 is 11.2. The van der Waals surface area contributed by atoms with Gasteiger partial charge in [0.25, 0.3) is 0 Å². The monoisotopic (exact) mass is 415 g/mol. The Hall–Kier alpha value is -2.20. The first-order valence-electron chi connectivity index (χ1n) is 9.14. The van der Waals surface area contributed by atoms with Crippen molar-refractivity contribution >= 4 is 23.2 Å². The number of rotatable bonds is 9. The number of hydrogen-bond acceptors (Lipinski definition) is 3. The molecule has 0 unspecified atom stereocenters. The lowest BCUT2D eigenvalue weighted by Gasteiger charge is -2.13. The Kier molecular flexibility index (Phi) is 7.61. The smallest absolute Gasteiger partial charge is 0.156 e. The predicted molar refractivity (Wildman–Crippen MR) is 116 cm³/mol. The maximum absolute atomic E-state index is 6.40. The minimum Gasteiger partial charge on any atom is -0.496 e. The summed E-state index contributed by atoms with van der Waals surface area (Å²) in [4.78, 5) is 0. The lowest BCUT2D eigenvalue weighted by molar-refractivity contribution is 0.306. The van der Waals surface area contributed by atoms with E-state index in [1.807, 2.05) is 60.7 Å². The van der Waals surface area contributed by atoms with Crippen LogP contribution in [0.2, 0.25) is 10.0 Å². The molecule has 0 atom stereocenters. The molecule has 1 N–H and O–H groups in total. The molecular weight excluding hydrogens is 393 g/mol. The first-order chi connectivity index (χ1) is 13.7. The molecule has 0 bridgehead atoms. The molecule has 0 aliphatic heterocycles. The van der Waals surface area contributed by atoms with Gasteiger partial charge in [0, 0.05) is 6.54 Å². The summed E-state index contributed by atoms with van der Waals surface area (Å²) in [6.07, 6.45) is 0.879. The maximum atomic E-state index is 6.40. The van der Waals surface area contributed by atoms with E-state index in [0.717, 1.165) is 29.8 Å². The topological polar surface area (TPSA) is 30.5 Å². The predicted octanol–water partition coefficient (Wildman–Crippen LogP) is 5.91. The third-order valence-electron chi connectivity index (χ3n) is 4.38. The third kappa shape index (κ3) is 5.65. The van der Waals surface area contributed by atoms with Crippen molar-refractivity contribution < 1.29 is 9.47 Å². The number of hydrogen-bond donors (Lipinski definition) is 1. The SMILES string of the molecule is COc1ccccc1CCNCc1cc(Cl)c(OCc2ccccc2)c(Cl)c1. The van der Waals surface area contributed by atoms with Crippen molar-refractivity contribution in [1.29, 1.82) is 0 Å². The first-order valence-corrected chi connectivity index (χ1v) is 9.90. The van der Waals surface area contributed by atoms with E-state index >= 15 is 0 Å². The van der Waals surface area contributed by atoms with E-state index in [4.69, 9.17) is 32.7 Å². The zero-order valence-electron chi connectivity index (χ0n) is 15.8. The van der Waals surface area contributed by atoms with Crippen LogP contribution < -0.4 is 14.8 Å². The van der Waals surface area contributed by atoms with Crippen LogP contribution in [0, 0.1) is 0 Å². The Morgan fingerprint density at radius 1 is 0.857 bits per heavy atom. The van der Waals surface area contributed by atoms with E-state index in [2.05, 4.69) is 11.4 Å². The van der Waals surface area contributed by atoms with Gasteiger partial charge in [-0.3, -0.25) is 0 Å². The summed E-state index contributed by atoms with van der Waals surface area (Å²) >= 11 is 12.8. The van der Waals surface area contributed by atoms with Crippen molar-refractivity contribution in [3.05, 3.63) is 93.5 Å². The summed E-state index contributed by atoms with van der Waals surface area (Å²) in [5, 5.41) is 4.46. The number of para-hydroxylation sites is 1. The molecule has 0 aliphatic rings. The summed E-state index contributed by atoms with van der Waals surface area (Å²) in [6.45, 7) is 1.92. The molecule has 0 aliphatic carbocycles. The Morgan fingerprint density at radius 3 is 2.25 bits per heavy atom. The van der Waals surface area contributed by atoms with Gasteiger partial charge in [0.15, 0.2) is 5.75 Å². The van der Waals surface area contributed by atoms with Crippen LogP contribution in [0.3, 0.4) is 0 Å². The lowest BCUT2D eigenvalue weighted by atomic mass is 10.1. The van der Waals surface area contributed by atoms with Crippen LogP contribution in [0.5, 0.6) is 11.5 Å². The molecule has 3 rings (SSSR count). The molecule has 0 heterocycles. The number of ether oxygens (including phenoxy) is 2. The van der Waals surface area contributed by atoms with Gasteiger partial charge in [-0.15, -0.1) is 0 Å². The fourth-order valence-electron chi connectivity index (χ4n) is 2.95. The van der Waals surface area contributed by atoms with Crippen molar-refractivity contribution in [3.63, 3.8) is 0 Å². The van der Waals surface area contributed by atoms with Crippen LogP contribution >= 0.6 is 23.2 Å². The maximum Gasteiger partial charge on any atom is 0.156 e. The highest BCUT2D eigenvalue weighted by molar-refractivity contribution is 6.37. The quantitative estimate of drug-likeness (QED) is 0.440. The molecular formula is C23H23Cl2NO2. The molecule has 3 aromatic carbocycles. The number of benzene rings is 3. The fourth-order valence-corrected chi connectivity index (χ4v) is 3.59. The average molecular weight is 416 g/mol. The molecule has 0 fully saturated rings. The standard InChI is InChI=1S/C23H23Cl2NO2/c1-27-22-10-6-5-9-19(22)11-12-26-15-18-13-20(24)23(21(25)14-18)28-16-17-7-3-2-4-8-17/h2-10,13-14,26H,11-12,15-16H2,1H3. The largest absolute Gasteiger partial charge is 0.496 e. The summed E-state index contributed by atoms with van der Waals surface area (Å²) in [6, 6.07) is 21.8. The van der Waals surface area contributed by atoms with Gasteiger partial charge >= 0.3 is 0 Å². The van der Waals surface area contributed by atoms with Crippen molar-refractivity contribution in [2.45, 2.75) is 19.6 Å². The summed E-state index contributed by atoms with van der Waals surface area (Å²) in [7, 11) is 1.69. The molecule has 5 heteroatoms. The van der Waals surface area contributed by atoms with Gasteiger partial charge in [0.05, 0.1) is 17.2 Å². The van der Waals surface area contributed by atoms with E-state index < -0.39 is 0 Å². The first kappa shape index (κ1) is 20.5. The van der Waals surface area contributed by atoms with Gasteiger partial charge in [-0.25, -0.2) is 0 Å². The van der Waals surface area contributed by atoms with Crippen molar-refractivity contribution in [2.24, 2.45) is 0 Å². The molecule has 0 saturated heterocycles. The number of methoxy groups -OCH3 is 1. The number of nitrogens with one attached hydrogen (secondary N) is 1. The van der Waals surface area contributed by atoms with E-state index in [0.29, 0.717) is 28.9 Å². The van der Waals surface area contributed by atoms with Gasteiger partial charge in [-0.2, -0.15) is 0 Å². The molecule has 0 spiro atoms. The van der Waals surface area contributed by atoms with Gasteiger partial charge in [0.2, 0.25) is 0 Å². The van der Waals surface area contributed by atoms with Gasteiger partial charge in [0.1, 0.15) is 12.4 Å². The molecule has 3 nitrogen and oxygen atoms in total. The van der Waals surface area contributed by atoms with Crippen molar-refractivity contribution in [3.8, 4) is 11.5 Å². The minimum atomic E-state index is 0.427. The second kappa shape index (κ2) is 10.4. The van der Waals surface area contributed by atoms with Crippen molar-refractivity contribution in [1.82, 2.24) is 5.32 Å². The Labute approximate surface area is 176 Å². The van der Waals surface area contributed by atoms with Crippen LogP contribution in [-0.4, -0.2) is 13.7 Å². The highest BCUT2D eigenvalue weighted by Gasteiger charge is 2.10. The van der Waals surface area contributed by atoms with Crippen LogP contribution in [0.4, 0.5) is 0 Å². The van der Waals surface area contributed by atoms with E-state index in [1.54, 1.807) is 7.11 Å². The molecule has 3 aromatic rings. The van der Waals surface area contributed by atoms with Gasteiger partial charge in [-0.1, -0.05) is 71.7 Å². The van der Waals surface area contributed by atoms with Crippen LogP contribution in [0.1, 0.15) is 16.7 Å². The zero-order chi connectivity index (χ0) is 19.8. The molecule has 0 amide bonds. The third-order valence-corrected chi connectivity index (χ3v) is 4.94. The fraction of sp³-hybridized carbons (Fsp3) is 0.217. The zero-order valence-corrected chi connectivity index (χ0v) is 17.3. The second-order valence-corrected chi connectivity index (χ2v) is 7.22. The van der Waals surface area contributed by atoms with E-state index in [9.17, 15) is 0 Å². The summed E-state index contributed by atoms with van der Waals surface area (Å²) in [5.41, 5.74) is 3.26. The van der Waals surface area contributed by atoms with E-state index in [-0.39, 0.29) is 0 Å². The molecule has 28 heavy (non-hydrogen) atoms. The average Bonchev–Trinajstić information content (AvgIpc) is 2.71. The highest BCUT2D eigenvalue weighted by Crippen LogP contribution is 2.34. The molecule has 0 radical (unpaired) electrons. The Bertz CT molecular complexity index is 877. The van der Waals surface area contributed by atoms with Crippen LogP contribution in [-0.2, 0) is 19.6 Å².